The molecule has 3 aromatic rings. The van der Waals surface area contributed by atoms with E-state index in [1.165, 1.54) is 12.1 Å². The van der Waals surface area contributed by atoms with E-state index in [4.69, 9.17) is 5.73 Å². The Kier molecular flexibility index (Phi) is 4.14. The standard InChI is InChI=1S/C19H14N4O2/c1-12-17(13-7-9-15(10-8-13)23(24)25)16(11-20)19(21)22-18(12)14-5-3-2-4-6-14/h2-10H,1H3,(H2,21,22). The van der Waals surface area contributed by atoms with Crippen molar-refractivity contribution in [2.45, 2.75) is 6.92 Å². The Morgan fingerprint density at radius 2 is 1.72 bits per heavy atom. The number of nitriles is 1. The molecule has 0 amide bonds. The van der Waals surface area contributed by atoms with Crippen molar-refractivity contribution >= 4 is 11.5 Å². The van der Waals surface area contributed by atoms with Gasteiger partial charge in [-0.05, 0) is 30.2 Å². The van der Waals surface area contributed by atoms with Gasteiger partial charge in [0, 0.05) is 23.3 Å². The number of nitrogens with two attached hydrogens (primary N) is 1. The van der Waals surface area contributed by atoms with Crippen LogP contribution in [-0.2, 0) is 0 Å². The summed E-state index contributed by atoms with van der Waals surface area (Å²) < 4.78 is 0. The first-order valence-electron chi connectivity index (χ1n) is 7.53. The van der Waals surface area contributed by atoms with Crippen molar-refractivity contribution in [3.05, 3.63) is 75.8 Å². The summed E-state index contributed by atoms with van der Waals surface area (Å²) in [6, 6.07) is 17.7. The SMILES string of the molecule is Cc1c(-c2ccccc2)nc(N)c(C#N)c1-c1ccc([N+](=O)[O-])cc1. The Labute approximate surface area is 144 Å². The van der Waals surface area contributed by atoms with Gasteiger partial charge in [-0.25, -0.2) is 4.98 Å². The van der Waals surface area contributed by atoms with Crippen LogP contribution in [0.1, 0.15) is 11.1 Å². The number of aromatic nitrogens is 1. The molecule has 0 aliphatic heterocycles. The Morgan fingerprint density at radius 3 is 2.28 bits per heavy atom. The average Bonchev–Trinajstić information content (AvgIpc) is 2.63. The smallest absolute Gasteiger partial charge is 0.269 e. The van der Waals surface area contributed by atoms with E-state index in [1.54, 1.807) is 12.1 Å². The molecule has 0 aliphatic carbocycles. The van der Waals surface area contributed by atoms with E-state index in [-0.39, 0.29) is 17.1 Å². The molecule has 3 rings (SSSR count). The summed E-state index contributed by atoms with van der Waals surface area (Å²) in [7, 11) is 0. The van der Waals surface area contributed by atoms with E-state index in [0.29, 0.717) is 16.8 Å². The molecule has 0 spiro atoms. The summed E-state index contributed by atoms with van der Waals surface area (Å²) in [6.45, 7) is 1.87. The zero-order valence-corrected chi connectivity index (χ0v) is 13.4. The van der Waals surface area contributed by atoms with Gasteiger partial charge in [-0.2, -0.15) is 5.26 Å². The number of hydrogen-bond acceptors (Lipinski definition) is 5. The van der Waals surface area contributed by atoms with Crippen molar-refractivity contribution in [3.8, 4) is 28.5 Å². The first-order chi connectivity index (χ1) is 12.0. The molecule has 0 bridgehead atoms. The lowest BCUT2D eigenvalue weighted by Gasteiger charge is -2.15. The molecule has 1 heterocycles. The van der Waals surface area contributed by atoms with Gasteiger partial charge in [0.1, 0.15) is 17.5 Å². The summed E-state index contributed by atoms with van der Waals surface area (Å²) in [5, 5.41) is 20.4. The van der Waals surface area contributed by atoms with Crippen molar-refractivity contribution in [1.29, 1.82) is 5.26 Å². The van der Waals surface area contributed by atoms with Crippen LogP contribution in [0.2, 0.25) is 0 Å². The molecule has 122 valence electrons. The van der Waals surface area contributed by atoms with Gasteiger partial charge in [0.25, 0.3) is 5.69 Å². The Balaban J connectivity index is 2.26. The molecular weight excluding hydrogens is 316 g/mol. The summed E-state index contributed by atoms with van der Waals surface area (Å²) in [5.74, 6) is 0.139. The van der Waals surface area contributed by atoms with Crippen LogP contribution in [0.25, 0.3) is 22.4 Å². The number of rotatable bonds is 3. The van der Waals surface area contributed by atoms with Crippen molar-refractivity contribution in [1.82, 2.24) is 4.98 Å². The van der Waals surface area contributed by atoms with E-state index < -0.39 is 4.92 Å². The molecule has 0 saturated heterocycles. The highest BCUT2D eigenvalue weighted by Crippen LogP contribution is 2.36. The number of benzene rings is 2. The normalized spacial score (nSPS) is 10.2. The molecular formula is C19H14N4O2. The molecule has 1 aromatic heterocycles. The highest BCUT2D eigenvalue weighted by molar-refractivity contribution is 5.84. The number of hydrogen-bond donors (Lipinski definition) is 1. The molecule has 0 fully saturated rings. The van der Waals surface area contributed by atoms with Gasteiger partial charge >= 0.3 is 0 Å². The maximum Gasteiger partial charge on any atom is 0.269 e. The number of nitrogens with zero attached hydrogens (tertiary/aromatic N) is 3. The highest BCUT2D eigenvalue weighted by atomic mass is 16.6. The molecule has 2 N–H and O–H groups in total. The quantitative estimate of drug-likeness (QED) is 0.575. The van der Waals surface area contributed by atoms with Crippen molar-refractivity contribution < 1.29 is 4.92 Å². The van der Waals surface area contributed by atoms with Crippen molar-refractivity contribution in [2.75, 3.05) is 5.73 Å². The van der Waals surface area contributed by atoms with E-state index >= 15 is 0 Å². The first-order valence-corrected chi connectivity index (χ1v) is 7.53. The minimum absolute atomic E-state index is 0.00905. The predicted molar refractivity (Wildman–Crippen MR) is 95.6 cm³/mol. The van der Waals surface area contributed by atoms with Gasteiger partial charge in [-0.1, -0.05) is 30.3 Å². The third-order valence-corrected chi connectivity index (χ3v) is 3.99. The molecule has 0 saturated carbocycles. The minimum Gasteiger partial charge on any atom is -0.383 e. The maximum atomic E-state index is 10.9. The largest absolute Gasteiger partial charge is 0.383 e. The molecule has 25 heavy (non-hydrogen) atoms. The van der Waals surface area contributed by atoms with Crippen LogP contribution in [0.4, 0.5) is 11.5 Å². The van der Waals surface area contributed by atoms with Gasteiger partial charge in [-0.15, -0.1) is 0 Å². The predicted octanol–water partition coefficient (Wildman–Crippen LogP) is 4.09. The van der Waals surface area contributed by atoms with Crippen LogP contribution < -0.4 is 5.73 Å². The van der Waals surface area contributed by atoms with E-state index in [0.717, 1.165) is 11.1 Å². The molecule has 0 aliphatic rings. The zero-order chi connectivity index (χ0) is 18.0. The first kappa shape index (κ1) is 16.1. The molecule has 0 atom stereocenters. The summed E-state index contributed by atoms with van der Waals surface area (Å²) in [5.41, 5.74) is 9.97. The summed E-state index contributed by atoms with van der Waals surface area (Å²) in [6.07, 6.45) is 0. The fourth-order valence-electron chi connectivity index (χ4n) is 2.80. The number of nitrogen functional groups attached to an aromatic ring is 1. The molecule has 0 radical (unpaired) electrons. The number of nitro groups is 1. The second-order valence-corrected chi connectivity index (χ2v) is 5.50. The van der Waals surface area contributed by atoms with Gasteiger partial charge in [-0.3, -0.25) is 10.1 Å². The van der Waals surface area contributed by atoms with Crippen molar-refractivity contribution in [3.63, 3.8) is 0 Å². The van der Waals surface area contributed by atoms with Gasteiger partial charge in [0.2, 0.25) is 0 Å². The van der Waals surface area contributed by atoms with Gasteiger partial charge in [0.05, 0.1) is 10.6 Å². The second-order valence-electron chi connectivity index (χ2n) is 5.50. The molecule has 6 nitrogen and oxygen atoms in total. The Bertz CT molecular complexity index is 991. The van der Waals surface area contributed by atoms with Crippen LogP contribution in [-0.4, -0.2) is 9.91 Å². The third-order valence-electron chi connectivity index (χ3n) is 3.99. The second kappa shape index (κ2) is 6.42. The number of nitro benzene ring substituents is 1. The topological polar surface area (TPSA) is 106 Å². The zero-order valence-electron chi connectivity index (χ0n) is 13.4. The Hall–Kier alpha value is -3.72. The van der Waals surface area contributed by atoms with E-state index in [1.807, 2.05) is 37.3 Å². The fraction of sp³-hybridized carbons (Fsp3) is 0.0526. The maximum absolute atomic E-state index is 10.9. The Morgan fingerprint density at radius 1 is 1.08 bits per heavy atom. The summed E-state index contributed by atoms with van der Waals surface area (Å²) >= 11 is 0. The summed E-state index contributed by atoms with van der Waals surface area (Å²) in [4.78, 5) is 14.8. The minimum atomic E-state index is -0.460. The monoisotopic (exact) mass is 330 g/mol. The van der Waals surface area contributed by atoms with Crippen LogP contribution >= 0.6 is 0 Å². The molecule has 6 heteroatoms. The lowest BCUT2D eigenvalue weighted by Crippen LogP contribution is -2.03. The lowest BCUT2D eigenvalue weighted by atomic mass is 9.93. The van der Waals surface area contributed by atoms with Crippen LogP contribution in [0.15, 0.2) is 54.6 Å². The van der Waals surface area contributed by atoms with E-state index in [2.05, 4.69) is 11.1 Å². The van der Waals surface area contributed by atoms with Crippen LogP contribution in [0, 0.1) is 28.4 Å². The molecule has 0 unspecified atom stereocenters. The lowest BCUT2D eigenvalue weighted by molar-refractivity contribution is -0.384. The highest BCUT2D eigenvalue weighted by Gasteiger charge is 2.18. The third kappa shape index (κ3) is 2.91. The number of non-ortho nitro benzene ring substituents is 1. The van der Waals surface area contributed by atoms with Crippen LogP contribution in [0.5, 0.6) is 0 Å². The van der Waals surface area contributed by atoms with Crippen molar-refractivity contribution in [2.24, 2.45) is 0 Å². The van der Waals surface area contributed by atoms with E-state index in [9.17, 15) is 15.4 Å². The fourth-order valence-corrected chi connectivity index (χ4v) is 2.80. The number of anilines is 1. The average molecular weight is 330 g/mol. The van der Waals surface area contributed by atoms with Gasteiger partial charge < -0.3 is 5.73 Å². The van der Waals surface area contributed by atoms with Crippen LogP contribution in [0.3, 0.4) is 0 Å². The number of pyridine rings is 1. The molecule has 2 aromatic carbocycles. The van der Waals surface area contributed by atoms with Gasteiger partial charge in [0.15, 0.2) is 0 Å².